The molecular weight excluding hydrogens is 282 g/mol. The third-order valence-corrected chi connectivity index (χ3v) is 5.76. The zero-order chi connectivity index (χ0) is 13.2. The zero-order valence-electron chi connectivity index (χ0n) is 9.78. The van der Waals surface area contributed by atoms with Gasteiger partial charge in [0, 0.05) is 22.1 Å². The minimum Gasteiger partial charge on any atom is -0.350 e. The molecule has 1 aromatic heterocycles. The van der Waals surface area contributed by atoms with Crippen molar-refractivity contribution in [2.75, 3.05) is 0 Å². The van der Waals surface area contributed by atoms with Gasteiger partial charge in [0.15, 0.2) is 0 Å². The summed E-state index contributed by atoms with van der Waals surface area (Å²) in [5, 5.41) is 4.30. The van der Waals surface area contributed by atoms with Gasteiger partial charge in [-0.1, -0.05) is 6.92 Å². The van der Waals surface area contributed by atoms with Crippen LogP contribution in [0.4, 0.5) is 0 Å². The van der Waals surface area contributed by atoms with E-state index in [1.165, 1.54) is 5.38 Å². The molecule has 0 aliphatic rings. The molecule has 4 nitrogen and oxygen atoms in total. The quantitative estimate of drug-likeness (QED) is 0.868. The number of rotatable bonds is 4. The van der Waals surface area contributed by atoms with Crippen LogP contribution in [0.2, 0.25) is 0 Å². The topological polar surface area (TPSA) is 63.2 Å². The van der Waals surface area contributed by atoms with E-state index in [9.17, 15) is 13.2 Å². The Hall–Kier alpha value is -0.590. The van der Waals surface area contributed by atoms with Crippen molar-refractivity contribution in [2.45, 2.75) is 37.4 Å². The molecule has 0 spiro atoms. The summed E-state index contributed by atoms with van der Waals surface area (Å²) in [5.41, 5.74) is 0.778. The lowest BCUT2D eigenvalue weighted by Gasteiger charge is -2.10. The normalized spacial score (nSPS) is 13.4. The van der Waals surface area contributed by atoms with Crippen LogP contribution in [0.25, 0.3) is 0 Å². The lowest BCUT2D eigenvalue weighted by molar-refractivity contribution is 0.0939. The number of nitrogens with one attached hydrogen (secondary N) is 1. The maximum Gasteiger partial charge on any atom is 0.271 e. The van der Waals surface area contributed by atoms with Crippen molar-refractivity contribution in [1.82, 2.24) is 5.32 Å². The highest BCUT2D eigenvalue weighted by Crippen LogP contribution is 2.29. The van der Waals surface area contributed by atoms with Crippen LogP contribution in [0.3, 0.4) is 0 Å². The average molecular weight is 296 g/mol. The van der Waals surface area contributed by atoms with Crippen LogP contribution in [0, 0.1) is 6.92 Å². The first kappa shape index (κ1) is 14.5. The summed E-state index contributed by atoms with van der Waals surface area (Å²) in [6, 6.07) is 0.0536. The van der Waals surface area contributed by atoms with Gasteiger partial charge in [-0.2, -0.15) is 0 Å². The van der Waals surface area contributed by atoms with Gasteiger partial charge in [0.05, 0.1) is 5.56 Å². The highest BCUT2D eigenvalue weighted by molar-refractivity contribution is 8.15. The number of hydrogen-bond acceptors (Lipinski definition) is 4. The molecule has 1 unspecified atom stereocenters. The highest BCUT2D eigenvalue weighted by atomic mass is 35.7. The van der Waals surface area contributed by atoms with Gasteiger partial charge in [-0.15, -0.1) is 11.3 Å². The third kappa shape index (κ3) is 3.43. The molecule has 1 aromatic rings. The second kappa shape index (κ2) is 5.37. The van der Waals surface area contributed by atoms with Crippen molar-refractivity contribution in [3.8, 4) is 0 Å². The second-order valence-electron chi connectivity index (χ2n) is 3.78. The number of amides is 1. The number of carbonyl (C=O) groups is 1. The number of hydrogen-bond donors (Lipinski definition) is 1. The zero-order valence-corrected chi connectivity index (χ0v) is 12.2. The summed E-state index contributed by atoms with van der Waals surface area (Å²) in [4.78, 5) is 11.8. The van der Waals surface area contributed by atoms with Gasteiger partial charge in [0.2, 0.25) is 0 Å². The molecule has 1 heterocycles. The van der Waals surface area contributed by atoms with E-state index in [1.54, 1.807) is 6.92 Å². The maximum absolute atomic E-state index is 11.8. The highest BCUT2D eigenvalue weighted by Gasteiger charge is 2.22. The molecule has 1 atom stereocenters. The predicted molar refractivity (Wildman–Crippen MR) is 69.3 cm³/mol. The molecule has 1 amide bonds. The van der Waals surface area contributed by atoms with Crippen LogP contribution in [-0.2, 0) is 9.05 Å². The molecule has 1 rings (SSSR count). The van der Waals surface area contributed by atoms with Crippen molar-refractivity contribution in [3.63, 3.8) is 0 Å². The van der Waals surface area contributed by atoms with Crippen molar-refractivity contribution < 1.29 is 13.2 Å². The molecule has 0 saturated carbocycles. The number of carbonyl (C=O) groups excluding carboxylic acids is 1. The molecule has 17 heavy (non-hydrogen) atoms. The van der Waals surface area contributed by atoms with Crippen LogP contribution in [-0.4, -0.2) is 20.4 Å². The van der Waals surface area contributed by atoms with Crippen molar-refractivity contribution in [2.24, 2.45) is 0 Å². The first-order chi connectivity index (χ1) is 7.77. The summed E-state index contributed by atoms with van der Waals surface area (Å²) in [5.74, 6) is -0.264. The molecule has 7 heteroatoms. The van der Waals surface area contributed by atoms with E-state index in [2.05, 4.69) is 5.32 Å². The van der Waals surface area contributed by atoms with Crippen LogP contribution < -0.4 is 5.32 Å². The van der Waals surface area contributed by atoms with Gasteiger partial charge in [-0.05, 0) is 25.8 Å². The van der Waals surface area contributed by atoms with Crippen molar-refractivity contribution >= 4 is 37.0 Å². The fraction of sp³-hybridized carbons (Fsp3) is 0.500. The lowest BCUT2D eigenvalue weighted by Crippen LogP contribution is -2.32. The Morgan fingerprint density at radius 3 is 2.59 bits per heavy atom. The monoisotopic (exact) mass is 295 g/mol. The van der Waals surface area contributed by atoms with Crippen molar-refractivity contribution in [1.29, 1.82) is 0 Å². The Balaban J connectivity index is 3.02. The van der Waals surface area contributed by atoms with Crippen LogP contribution in [0.1, 0.15) is 36.2 Å². The largest absolute Gasteiger partial charge is 0.350 e. The number of thiophene rings is 1. The minimum absolute atomic E-state index is 0.0356. The van der Waals surface area contributed by atoms with E-state index in [1.807, 2.05) is 13.8 Å². The van der Waals surface area contributed by atoms with Crippen LogP contribution >= 0.6 is 22.0 Å². The van der Waals surface area contributed by atoms with Gasteiger partial charge in [-0.25, -0.2) is 8.42 Å². The summed E-state index contributed by atoms with van der Waals surface area (Å²) in [6.45, 7) is 5.43. The second-order valence-corrected chi connectivity index (χ2v) is 7.42. The molecule has 0 aliphatic heterocycles. The predicted octanol–water partition coefficient (Wildman–Crippen LogP) is 2.51. The minimum atomic E-state index is -3.77. The van der Waals surface area contributed by atoms with E-state index >= 15 is 0 Å². The molecule has 0 radical (unpaired) electrons. The Morgan fingerprint density at radius 1 is 1.59 bits per heavy atom. The molecule has 0 aliphatic carbocycles. The number of halogens is 1. The van der Waals surface area contributed by atoms with Gasteiger partial charge < -0.3 is 5.32 Å². The smallest absolute Gasteiger partial charge is 0.271 e. The third-order valence-electron chi connectivity index (χ3n) is 2.45. The van der Waals surface area contributed by atoms with E-state index in [4.69, 9.17) is 10.7 Å². The van der Waals surface area contributed by atoms with Gasteiger partial charge in [0.25, 0.3) is 15.0 Å². The summed E-state index contributed by atoms with van der Waals surface area (Å²) < 4.78 is 22.5. The van der Waals surface area contributed by atoms with Gasteiger partial charge in [-0.3, -0.25) is 4.79 Å². The first-order valence-electron chi connectivity index (χ1n) is 5.11. The Morgan fingerprint density at radius 2 is 2.18 bits per heavy atom. The SMILES string of the molecule is CCC(C)NC(=O)c1csc(S(=O)(=O)Cl)c1C. The molecule has 0 aromatic carbocycles. The molecule has 0 fully saturated rings. The maximum atomic E-state index is 11.8. The molecule has 96 valence electrons. The van der Waals surface area contributed by atoms with Crippen LogP contribution in [0.5, 0.6) is 0 Å². The van der Waals surface area contributed by atoms with Gasteiger partial charge >= 0.3 is 0 Å². The summed E-state index contributed by atoms with van der Waals surface area (Å²) in [7, 11) is 1.50. The molecular formula is C10H14ClNO3S2. The fourth-order valence-corrected chi connectivity index (χ4v) is 3.82. The van der Waals surface area contributed by atoms with E-state index < -0.39 is 9.05 Å². The Labute approximate surface area is 109 Å². The molecule has 0 bridgehead atoms. The van der Waals surface area contributed by atoms with E-state index in [0.717, 1.165) is 17.8 Å². The summed E-state index contributed by atoms with van der Waals surface area (Å²) in [6.07, 6.45) is 0.815. The summed E-state index contributed by atoms with van der Waals surface area (Å²) >= 11 is 0.965. The van der Waals surface area contributed by atoms with E-state index in [0.29, 0.717) is 11.1 Å². The average Bonchev–Trinajstić information content (AvgIpc) is 2.59. The van der Waals surface area contributed by atoms with Gasteiger partial charge in [0.1, 0.15) is 4.21 Å². The standard InChI is InChI=1S/C10H14ClNO3S2/c1-4-6(2)12-9(13)8-5-16-10(7(8)3)17(11,14)15/h5-6H,4H2,1-3H3,(H,12,13). The molecule has 0 saturated heterocycles. The lowest BCUT2D eigenvalue weighted by atomic mass is 10.2. The first-order valence-corrected chi connectivity index (χ1v) is 8.29. The molecule has 1 N–H and O–H groups in total. The fourth-order valence-electron chi connectivity index (χ4n) is 1.27. The Bertz CT molecular complexity index is 522. The van der Waals surface area contributed by atoms with Crippen molar-refractivity contribution in [3.05, 3.63) is 16.5 Å². The van der Waals surface area contributed by atoms with Crippen LogP contribution in [0.15, 0.2) is 9.59 Å². The van der Waals surface area contributed by atoms with E-state index in [-0.39, 0.29) is 16.2 Å². The Kier molecular flexibility index (Phi) is 4.57.